The molecule has 47 heavy (non-hydrogen) atoms. The Balaban J connectivity index is 0.000000150. The molecule has 0 aliphatic carbocycles. The summed E-state index contributed by atoms with van der Waals surface area (Å²) in [5, 5.41) is 12.2. The third-order valence-electron chi connectivity index (χ3n) is 7.81. The molecule has 8 aromatic rings. The lowest BCUT2D eigenvalue weighted by Gasteiger charge is -2.10. The topological polar surface area (TPSA) is 81.0 Å². The van der Waals surface area contributed by atoms with E-state index in [1.54, 1.807) is 19.4 Å². The molecule has 0 unspecified atom stereocenters. The quantitative estimate of drug-likeness (QED) is 0.209. The molecule has 8 rings (SSSR count). The molecule has 0 fully saturated rings. The van der Waals surface area contributed by atoms with Crippen LogP contribution in [-0.4, -0.2) is 32.2 Å². The van der Waals surface area contributed by atoms with Gasteiger partial charge < -0.3 is 9.84 Å². The van der Waals surface area contributed by atoms with E-state index in [9.17, 15) is 5.11 Å². The van der Waals surface area contributed by atoms with Crippen molar-refractivity contribution in [3.8, 4) is 56.5 Å². The van der Waals surface area contributed by atoms with Gasteiger partial charge in [0.2, 0.25) is 0 Å². The lowest BCUT2D eigenvalue weighted by atomic mass is 10.0. The number of hydrogen-bond donors (Lipinski definition) is 1. The minimum atomic E-state index is 0.168. The maximum Gasteiger partial charge on any atom is 0.159 e. The van der Waals surface area contributed by atoms with E-state index in [4.69, 9.17) is 9.72 Å². The van der Waals surface area contributed by atoms with Crippen LogP contribution in [0.4, 0.5) is 0 Å². The summed E-state index contributed by atoms with van der Waals surface area (Å²) in [4.78, 5) is 18.2. The van der Waals surface area contributed by atoms with Gasteiger partial charge in [0, 0.05) is 34.3 Å². The summed E-state index contributed by atoms with van der Waals surface area (Å²) in [5.41, 5.74) is 7.56. The number of ether oxygens (including phenoxy) is 1. The Morgan fingerprint density at radius 2 is 0.851 bits per heavy atom. The summed E-state index contributed by atoms with van der Waals surface area (Å²) in [5.74, 6) is 2.24. The van der Waals surface area contributed by atoms with Crippen LogP contribution in [-0.2, 0) is 0 Å². The van der Waals surface area contributed by atoms with Gasteiger partial charge in [0.15, 0.2) is 11.6 Å². The fraction of sp³-hybridized carbons (Fsp3) is 0.0244. The van der Waals surface area contributed by atoms with Crippen molar-refractivity contribution in [1.82, 2.24) is 19.9 Å². The van der Waals surface area contributed by atoms with E-state index in [0.717, 1.165) is 55.4 Å². The predicted molar refractivity (Wildman–Crippen MR) is 189 cm³/mol. The summed E-state index contributed by atoms with van der Waals surface area (Å²) in [6, 6.07) is 47.8. The van der Waals surface area contributed by atoms with Gasteiger partial charge in [-0.1, -0.05) is 121 Å². The Morgan fingerprint density at radius 1 is 0.447 bits per heavy atom. The maximum atomic E-state index is 10.4. The number of phenolic OH excluding ortho intramolecular Hbond substituents is 1. The van der Waals surface area contributed by atoms with E-state index in [-0.39, 0.29) is 5.75 Å². The van der Waals surface area contributed by atoms with Crippen molar-refractivity contribution >= 4 is 21.8 Å². The zero-order valence-corrected chi connectivity index (χ0v) is 25.7. The number of nitrogens with zero attached hydrogens (tertiary/aromatic N) is 4. The highest BCUT2D eigenvalue weighted by atomic mass is 16.5. The summed E-state index contributed by atoms with van der Waals surface area (Å²) in [6.45, 7) is 0. The largest absolute Gasteiger partial charge is 0.506 e. The Kier molecular flexibility index (Phi) is 8.30. The molecule has 0 bridgehead atoms. The normalized spacial score (nSPS) is 10.7. The molecule has 2 heterocycles. The first kappa shape index (κ1) is 29.3. The molecule has 1 N–H and O–H groups in total. The number of aromatic nitrogens is 4. The monoisotopic (exact) mass is 610 g/mol. The van der Waals surface area contributed by atoms with E-state index in [2.05, 4.69) is 33.2 Å². The Bertz CT molecular complexity index is 2280. The fourth-order valence-electron chi connectivity index (χ4n) is 5.44. The first-order chi connectivity index (χ1) is 23.2. The van der Waals surface area contributed by atoms with E-state index in [1.165, 1.54) is 0 Å². The summed E-state index contributed by atoms with van der Waals surface area (Å²) >= 11 is 0. The molecule has 0 amide bonds. The lowest BCUT2D eigenvalue weighted by Crippen LogP contribution is -1.94. The van der Waals surface area contributed by atoms with Gasteiger partial charge >= 0.3 is 0 Å². The number of methoxy groups -OCH3 is 1. The van der Waals surface area contributed by atoms with Crippen molar-refractivity contribution in [2.75, 3.05) is 7.11 Å². The Morgan fingerprint density at radius 3 is 1.32 bits per heavy atom. The van der Waals surface area contributed by atoms with Crippen molar-refractivity contribution < 1.29 is 9.84 Å². The van der Waals surface area contributed by atoms with Crippen LogP contribution in [0.1, 0.15) is 0 Å². The summed E-state index contributed by atoms with van der Waals surface area (Å²) in [7, 11) is 1.67. The van der Waals surface area contributed by atoms with Gasteiger partial charge in [-0.3, -0.25) is 0 Å². The molecule has 0 atom stereocenters. The molecule has 226 valence electrons. The van der Waals surface area contributed by atoms with Crippen molar-refractivity contribution in [3.63, 3.8) is 0 Å². The van der Waals surface area contributed by atoms with Gasteiger partial charge in [-0.2, -0.15) is 0 Å². The first-order valence-electron chi connectivity index (χ1n) is 15.2. The Labute approximate surface area is 272 Å². The smallest absolute Gasteiger partial charge is 0.159 e. The highest BCUT2D eigenvalue weighted by Gasteiger charge is 2.11. The molecule has 0 aliphatic heterocycles. The average Bonchev–Trinajstić information content (AvgIpc) is 3.15. The second-order valence-electron chi connectivity index (χ2n) is 10.9. The van der Waals surface area contributed by atoms with E-state index < -0.39 is 0 Å². The number of aromatic hydroxyl groups is 1. The van der Waals surface area contributed by atoms with Crippen LogP contribution in [0.15, 0.2) is 158 Å². The Hall–Kier alpha value is -6.40. The molecule has 2 aromatic heterocycles. The molecule has 6 aromatic carbocycles. The van der Waals surface area contributed by atoms with Crippen LogP contribution in [0.2, 0.25) is 0 Å². The van der Waals surface area contributed by atoms with E-state index >= 15 is 0 Å². The molecule has 0 saturated carbocycles. The zero-order chi connectivity index (χ0) is 32.0. The zero-order valence-electron chi connectivity index (χ0n) is 25.7. The molecule has 0 saturated heterocycles. The van der Waals surface area contributed by atoms with Crippen LogP contribution >= 0.6 is 0 Å². The number of hydrogen-bond acceptors (Lipinski definition) is 6. The van der Waals surface area contributed by atoms with Gasteiger partial charge in [0.1, 0.15) is 22.5 Å². The van der Waals surface area contributed by atoms with E-state index in [0.29, 0.717) is 17.2 Å². The van der Waals surface area contributed by atoms with Crippen LogP contribution in [0.3, 0.4) is 0 Å². The predicted octanol–water partition coefficient (Wildman–Crippen LogP) is 9.64. The van der Waals surface area contributed by atoms with Crippen LogP contribution in [0, 0.1) is 0 Å². The molecule has 0 spiro atoms. The number of phenols is 1. The van der Waals surface area contributed by atoms with Gasteiger partial charge in [-0.05, 0) is 46.5 Å². The maximum absolute atomic E-state index is 10.4. The number of benzene rings is 6. The van der Waals surface area contributed by atoms with E-state index in [1.807, 2.05) is 128 Å². The second-order valence-corrected chi connectivity index (χ2v) is 10.9. The van der Waals surface area contributed by atoms with Crippen molar-refractivity contribution in [2.24, 2.45) is 0 Å². The van der Waals surface area contributed by atoms with Gasteiger partial charge in [0.25, 0.3) is 0 Å². The van der Waals surface area contributed by atoms with Crippen LogP contribution in [0.5, 0.6) is 11.5 Å². The summed E-state index contributed by atoms with van der Waals surface area (Å²) < 4.78 is 5.59. The molecule has 0 aliphatic rings. The highest BCUT2D eigenvalue weighted by molar-refractivity contribution is 5.91. The van der Waals surface area contributed by atoms with Crippen molar-refractivity contribution in [1.29, 1.82) is 0 Å². The third kappa shape index (κ3) is 6.39. The number of rotatable bonds is 5. The fourth-order valence-corrected chi connectivity index (χ4v) is 5.44. The van der Waals surface area contributed by atoms with Gasteiger partial charge in [-0.25, -0.2) is 19.9 Å². The lowest BCUT2D eigenvalue weighted by molar-refractivity contribution is 0.419. The minimum absolute atomic E-state index is 0.168. The summed E-state index contributed by atoms with van der Waals surface area (Å²) in [6.07, 6.45) is 3.62. The SMILES string of the molecule is COc1cc(-c2ccccc2)cc2cnc(-c3ccccc3)nc12.Oc1cc(-c2ccccc2)cc2cnc(-c3ccccc3)nc12. The molecule has 6 heteroatoms. The highest BCUT2D eigenvalue weighted by Crippen LogP contribution is 2.33. The molecule has 6 nitrogen and oxygen atoms in total. The first-order valence-corrected chi connectivity index (χ1v) is 15.2. The van der Waals surface area contributed by atoms with Crippen molar-refractivity contribution in [3.05, 3.63) is 158 Å². The number of fused-ring (bicyclic) bond motifs is 2. The minimum Gasteiger partial charge on any atom is -0.506 e. The second kappa shape index (κ2) is 13.3. The van der Waals surface area contributed by atoms with Gasteiger partial charge in [-0.15, -0.1) is 0 Å². The third-order valence-corrected chi connectivity index (χ3v) is 7.81. The average molecular weight is 611 g/mol. The molecule has 0 radical (unpaired) electrons. The van der Waals surface area contributed by atoms with Crippen LogP contribution < -0.4 is 4.74 Å². The van der Waals surface area contributed by atoms with Gasteiger partial charge in [0.05, 0.1) is 7.11 Å². The molecular formula is C41H30N4O2. The van der Waals surface area contributed by atoms with Crippen LogP contribution in [0.25, 0.3) is 66.8 Å². The standard InChI is InChI=1S/C21H16N2O.C20H14N2O/c1-24-19-13-17(15-8-4-2-5-9-15)12-18-14-22-21(23-20(18)19)16-10-6-3-7-11-16;23-18-12-16(14-7-3-1-4-8-14)11-17-13-21-20(22-19(17)18)15-9-5-2-6-10-15/h2-14H,1H3;1-13,23H. The molecular weight excluding hydrogens is 580 g/mol. The van der Waals surface area contributed by atoms with Crippen molar-refractivity contribution in [2.45, 2.75) is 0 Å².